The monoisotopic (exact) mass is 348 g/mol. The maximum Gasteiger partial charge on any atom is 0.178 e. The quantitative estimate of drug-likeness (QED) is 0.812. The van der Waals surface area contributed by atoms with Crippen LogP contribution in [-0.4, -0.2) is 28.0 Å². The molecule has 0 aromatic carbocycles. The molecule has 0 fully saturated rings. The van der Waals surface area contributed by atoms with Gasteiger partial charge in [0.15, 0.2) is 5.82 Å². The number of aryl methyl sites for hydroxylation is 2. The smallest absolute Gasteiger partial charge is 0.178 e. The van der Waals surface area contributed by atoms with Crippen LogP contribution in [0, 0.1) is 13.8 Å². The van der Waals surface area contributed by atoms with Gasteiger partial charge in [0.25, 0.3) is 0 Å². The van der Waals surface area contributed by atoms with Crippen molar-refractivity contribution >= 4 is 15.9 Å². The Morgan fingerprint density at radius 3 is 2.38 bits per heavy atom. The molecular formula is C16H21BrN4. The minimum absolute atomic E-state index is 0.697. The fourth-order valence-electron chi connectivity index (χ4n) is 2.24. The molecule has 5 heteroatoms. The lowest BCUT2D eigenvalue weighted by molar-refractivity contribution is 0.666. The van der Waals surface area contributed by atoms with Crippen molar-refractivity contribution in [3.05, 3.63) is 39.8 Å². The molecule has 0 aliphatic rings. The molecule has 0 aliphatic heterocycles. The third-order valence-electron chi connectivity index (χ3n) is 3.36. The summed E-state index contributed by atoms with van der Waals surface area (Å²) in [5.41, 5.74) is 4.13. The predicted molar refractivity (Wildman–Crippen MR) is 89.3 cm³/mol. The lowest BCUT2D eigenvalue weighted by atomic mass is 10.1. The van der Waals surface area contributed by atoms with Crippen LogP contribution in [0.1, 0.15) is 30.3 Å². The Labute approximate surface area is 134 Å². The van der Waals surface area contributed by atoms with E-state index in [1.807, 2.05) is 26.0 Å². The molecule has 21 heavy (non-hydrogen) atoms. The molecule has 112 valence electrons. The summed E-state index contributed by atoms with van der Waals surface area (Å²) in [5, 5.41) is 3.42. The molecule has 0 amide bonds. The highest BCUT2D eigenvalue weighted by Gasteiger charge is 2.10. The third kappa shape index (κ3) is 4.32. The van der Waals surface area contributed by atoms with Gasteiger partial charge in [0.05, 0.1) is 0 Å². The number of hydrogen-bond donors (Lipinski definition) is 1. The average molecular weight is 349 g/mol. The van der Waals surface area contributed by atoms with Crippen molar-refractivity contribution in [2.45, 2.75) is 33.6 Å². The van der Waals surface area contributed by atoms with E-state index >= 15 is 0 Å². The van der Waals surface area contributed by atoms with Gasteiger partial charge in [-0.25, -0.2) is 9.97 Å². The molecule has 0 unspecified atom stereocenters. The number of aromatic nitrogens is 3. The van der Waals surface area contributed by atoms with Crippen molar-refractivity contribution < 1.29 is 0 Å². The van der Waals surface area contributed by atoms with E-state index in [1.165, 1.54) is 5.56 Å². The van der Waals surface area contributed by atoms with Crippen LogP contribution >= 0.6 is 15.9 Å². The molecular weight excluding hydrogens is 328 g/mol. The van der Waals surface area contributed by atoms with E-state index in [4.69, 9.17) is 0 Å². The molecule has 0 aliphatic carbocycles. The highest BCUT2D eigenvalue weighted by Crippen LogP contribution is 2.19. The molecule has 0 bridgehead atoms. The van der Waals surface area contributed by atoms with Gasteiger partial charge in [0.2, 0.25) is 0 Å². The molecule has 0 atom stereocenters. The molecule has 0 spiro atoms. The average Bonchev–Trinajstić information content (AvgIpc) is 2.46. The van der Waals surface area contributed by atoms with Crippen molar-refractivity contribution in [2.75, 3.05) is 13.1 Å². The minimum Gasteiger partial charge on any atom is -0.316 e. The summed E-state index contributed by atoms with van der Waals surface area (Å²) >= 11 is 3.39. The van der Waals surface area contributed by atoms with Crippen LogP contribution in [-0.2, 0) is 6.42 Å². The largest absolute Gasteiger partial charge is 0.316 e. The lowest BCUT2D eigenvalue weighted by Crippen LogP contribution is -2.19. The summed E-state index contributed by atoms with van der Waals surface area (Å²) in [5.74, 6) is 0.697. The highest BCUT2D eigenvalue weighted by atomic mass is 79.9. The number of nitrogens with zero attached hydrogens (tertiary/aromatic N) is 3. The summed E-state index contributed by atoms with van der Waals surface area (Å²) in [6, 6.07) is 3.89. The summed E-state index contributed by atoms with van der Waals surface area (Å²) < 4.78 is 0.957. The zero-order chi connectivity index (χ0) is 15.2. The van der Waals surface area contributed by atoms with Crippen molar-refractivity contribution in [1.29, 1.82) is 0 Å². The topological polar surface area (TPSA) is 50.7 Å². The van der Waals surface area contributed by atoms with Crippen LogP contribution in [0.5, 0.6) is 0 Å². The van der Waals surface area contributed by atoms with E-state index in [-0.39, 0.29) is 0 Å². The van der Waals surface area contributed by atoms with E-state index in [2.05, 4.69) is 43.1 Å². The molecule has 2 heterocycles. The number of hydrogen-bond acceptors (Lipinski definition) is 4. The van der Waals surface area contributed by atoms with E-state index in [0.29, 0.717) is 5.82 Å². The minimum atomic E-state index is 0.697. The van der Waals surface area contributed by atoms with Crippen molar-refractivity contribution in [3.63, 3.8) is 0 Å². The fourth-order valence-corrected chi connectivity index (χ4v) is 2.47. The second kappa shape index (κ2) is 7.61. The first kappa shape index (κ1) is 16.0. The van der Waals surface area contributed by atoms with Crippen molar-refractivity contribution in [1.82, 2.24) is 20.3 Å². The van der Waals surface area contributed by atoms with Crippen LogP contribution in [0.3, 0.4) is 0 Å². The SMILES string of the molecule is CCCNCCc1c(C)nc(-c2ccc(Br)cn2)nc1C. The standard InChI is InChI=1S/C16H21BrN4/c1-4-8-18-9-7-14-11(2)20-16(21-12(14)3)15-6-5-13(17)10-19-15/h5-6,10,18H,4,7-9H2,1-3H3. The first-order valence-corrected chi connectivity index (χ1v) is 8.08. The second-order valence-corrected chi connectivity index (χ2v) is 5.97. The summed E-state index contributed by atoms with van der Waals surface area (Å²) in [7, 11) is 0. The molecule has 0 saturated carbocycles. The Hall–Kier alpha value is -1.33. The molecule has 0 saturated heterocycles. The van der Waals surface area contributed by atoms with Gasteiger partial charge in [-0.05, 0) is 73.4 Å². The van der Waals surface area contributed by atoms with Gasteiger partial charge in [0, 0.05) is 22.1 Å². The predicted octanol–water partition coefficient (Wildman–Crippen LogP) is 3.46. The zero-order valence-corrected chi connectivity index (χ0v) is 14.4. The van der Waals surface area contributed by atoms with Gasteiger partial charge >= 0.3 is 0 Å². The zero-order valence-electron chi connectivity index (χ0n) is 12.8. The summed E-state index contributed by atoms with van der Waals surface area (Å²) in [4.78, 5) is 13.6. The van der Waals surface area contributed by atoms with Crippen LogP contribution in [0.25, 0.3) is 11.5 Å². The molecule has 4 nitrogen and oxygen atoms in total. The summed E-state index contributed by atoms with van der Waals surface area (Å²) in [6.45, 7) is 8.29. The number of halogens is 1. The van der Waals surface area contributed by atoms with Crippen LogP contribution in [0.2, 0.25) is 0 Å². The van der Waals surface area contributed by atoms with E-state index in [0.717, 1.165) is 47.5 Å². The third-order valence-corrected chi connectivity index (χ3v) is 3.82. The van der Waals surface area contributed by atoms with Gasteiger partial charge in [-0.2, -0.15) is 0 Å². The molecule has 2 aromatic rings. The van der Waals surface area contributed by atoms with E-state index < -0.39 is 0 Å². The molecule has 2 aromatic heterocycles. The van der Waals surface area contributed by atoms with Gasteiger partial charge < -0.3 is 5.32 Å². The first-order valence-electron chi connectivity index (χ1n) is 7.28. The maximum atomic E-state index is 4.62. The summed E-state index contributed by atoms with van der Waals surface area (Å²) in [6.07, 6.45) is 3.89. The Balaban J connectivity index is 2.18. The van der Waals surface area contributed by atoms with Gasteiger partial charge in [-0.1, -0.05) is 6.92 Å². The second-order valence-electron chi connectivity index (χ2n) is 5.06. The van der Waals surface area contributed by atoms with Gasteiger partial charge in [-0.3, -0.25) is 4.98 Å². The van der Waals surface area contributed by atoms with Crippen LogP contribution < -0.4 is 5.32 Å². The first-order chi connectivity index (χ1) is 10.1. The molecule has 1 N–H and O–H groups in total. The van der Waals surface area contributed by atoms with Gasteiger partial charge in [0.1, 0.15) is 5.69 Å². The molecule has 0 radical (unpaired) electrons. The van der Waals surface area contributed by atoms with Crippen molar-refractivity contribution in [3.8, 4) is 11.5 Å². The van der Waals surface area contributed by atoms with Crippen LogP contribution in [0.4, 0.5) is 0 Å². The van der Waals surface area contributed by atoms with Gasteiger partial charge in [-0.15, -0.1) is 0 Å². The normalized spacial score (nSPS) is 10.9. The Bertz CT molecular complexity index is 573. The Kier molecular flexibility index (Phi) is 5.82. The Morgan fingerprint density at radius 2 is 1.81 bits per heavy atom. The number of pyridine rings is 1. The van der Waals surface area contributed by atoms with E-state index in [9.17, 15) is 0 Å². The number of nitrogens with one attached hydrogen (secondary N) is 1. The van der Waals surface area contributed by atoms with E-state index in [1.54, 1.807) is 6.20 Å². The Morgan fingerprint density at radius 1 is 1.10 bits per heavy atom. The number of rotatable bonds is 6. The van der Waals surface area contributed by atoms with Crippen LogP contribution in [0.15, 0.2) is 22.8 Å². The van der Waals surface area contributed by atoms with Crippen molar-refractivity contribution in [2.24, 2.45) is 0 Å². The molecule has 2 rings (SSSR count). The highest BCUT2D eigenvalue weighted by molar-refractivity contribution is 9.10. The maximum absolute atomic E-state index is 4.62. The lowest BCUT2D eigenvalue weighted by Gasteiger charge is -2.11. The fraction of sp³-hybridized carbons (Fsp3) is 0.438.